The molecule has 0 spiro atoms. The molecule has 0 atom stereocenters. The SMILES string of the molecule is O=C(Cl)c1cc([N+](=O)[O-])ccc1SCl. The van der Waals surface area contributed by atoms with Gasteiger partial charge in [0.1, 0.15) is 0 Å². The van der Waals surface area contributed by atoms with Crippen molar-refractivity contribution in [1.29, 1.82) is 0 Å². The Kier molecular flexibility index (Phi) is 3.74. The van der Waals surface area contributed by atoms with Crippen molar-refractivity contribution in [3.63, 3.8) is 0 Å². The molecule has 74 valence electrons. The Labute approximate surface area is 92.8 Å². The van der Waals surface area contributed by atoms with Crippen molar-refractivity contribution in [3.8, 4) is 0 Å². The van der Waals surface area contributed by atoms with Crippen LogP contribution in [0.3, 0.4) is 0 Å². The highest BCUT2D eigenvalue weighted by Gasteiger charge is 2.14. The summed E-state index contributed by atoms with van der Waals surface area (Å²) in [6, 6.07) is 3.74. The predicted molar refractivity (Wildman–Crippen MR) is 55.0 cm³/mol. The molecule has 0 saturated heterocycles. The Balaban J connectivity index is 3.27. The molecule has 0 aromatic heterocycles. The number of non-ortho nitro benzene ring substituents is 1. The van der Waals surface area contributed by atoms with Crippen LogP contribution in [-0.4, -0.2) is 10.2 Å². The van der Waals surface area contributed by atoms with Gasteiger partial charge in [-0.1, -0.05) is 0 Å². The number of carbonyl (C=O) groups excluding carboxylic acids is 1. The molecule has 0 saturated carbocycles. The van der Waals surface area contributed by atoms with Gasteiger partial charge in [-0.05, 0) is 39.3 Å². The number of benzene rings is 1. The molecule has 0 aliphatic rings. The summed E-state index contributed by atoms with van der Waals surface area (Å²) in [5.74, 6) is 0. The van der Waals surface area contributed by atoms with Gasteiger partial charge in [0.15, 0.2) is 0 Å². The number of nitro groups is 1. The van der Waals surface area contributed by atoms with Crippen molar-refractivity contribution in [3.05, 3.63) is 33.9 Å². The van der Waals surface area contributed by atoms with E-state index in [1.807, 2.05) is 0 Å². The number of nitrogens with zero attached hydrogens (tertiary/aromatic N) is 1. The van der Waals surface area contributed by atoms with Crippen LogP contribution in [0, 0.1) is 10.1 Å². The summed E-state index contributed by atoms with van der Waals surface area (Å²) in [7, 11) is 6.23. The minimum atomic E-state index is -0.767. The van der Waals surface area contributed by atoms with Crippen LogP contribution in [0.15, 0.2) is 23.1 Å². The van der Waals surface area contributed by atoms with Crippen molar-refractivity contribution in [2.45, 2.75) is 4.90 Å². The average Bonchev–Trinajstić information content (AvgIpc) is 2.16. The minimum absolute atomic E-state index is 0.0425. The molecule has 0 amide bonds. The van der Waals surface area contributed by atoms with Gasteiger partial charge in [-0.3, -0.25) is 14.9 Å². The topological polar surface area (TPSA) is 60.2 Å². The van der Waals surface area contributed by atoms with Crippen molar-refractivity contribution >= 4 is 44.2 Å². The first-order valence-corrected chi connectivity index (χ1v) is 5.35. The van der Waals surface area contributed by atoms with Crippen LogP contribution in [0.25, 0.3) is 0 Å². The van der Waals surface area contributed by atoms with Crippen LogP contribution in [0.4, 0.5) is 5.69 Å². The lowest BCUT2D eigenvalue weighted by Gasteiger charge is -2.00. The second-order valence-corrected chi connectivity index (χ2v) is 3.69. The molecule has 0 unspecified atom stereocenters. The first kappa shape index (κ1) is 11.3. The second kappa shape index (κ2) is 4.63. The molecule has 0 radical (unpaired) electrons. The first-order chi connectivity index (χ1) is 6.56. The highest BCUT2D eigenvalue weighted by atomic mass is 35.7. The lowest BCUT2D eigenvalue weighted by Crippen LogP contribution is -1.95. The zero-order chi connectivity index (χ0) is 10.7. The Morgan fingerprint density at radius 2 is 2.14 bits per heavy atom. The summed E-state index contributed by atoms with van der Waals surface area (Å²) < 4.78 is 0. The van der Waals surface area contributed by atoms with Crippen LogP contribution in [0.2, 0.25) is 0 Å². The summed E-state index contributed by atoms with van der Waals surface area (Å²) in [6.07, 6.45) is 0. The van der Waals surface area contributed by atoms with Gasteiger partial charge in [0.2, 0.25) is 0 Å². The van der Waals surface area contributed by atoms with Gasteiger partial charge in [-0.15, -0.1) is 0 Å². The van der Waals surface area contributed by atoms with Gasteiger partial charge >= 0.3 is 0 Å². The van der Waals surface area contributed by atoms with Gasteiger partial charge < -0.3 is 0 Å². The maximum atomic E-state index is 10.9. The van der Waals surface area contributed by atoms with E-state index in [0.717, 1.165) is 17.0 Å². The fourth-order valence-electron chi connectivity index (χ4n) is 0.852. The van der Waals surface area contributed by atoms with Gasteiger partial charge in [0.25, 0.3) is 10.9 Å². The molecule has 1 aromatic rings. The fraction of sp³-hybridized carbons (Fsp3) is 0. The lowest BCUT2D eigenvalue weighted by atomic mass is 10.2. The zero-order valence-electron chi connectivity index (χ0n) is 6.57. The Bertz CT molecular complexity index is 397. The molecule has 1 aromatic carbocycles. The van der Waals surface area contributed by atoms with Crippen molar-refractivity contribution in [2.24, 2.45) is 0 Å². The molecular formula is C7H3Cl2NO3S. The van der Waals surface area contributed by atoms with E-state index >= 15 is 0 Å². The Morgan fingerprint density at radius 1 is 1.50 bits per heavy atom. The fourth-order valence-corrected chi connectivity index (χ4v) is 1.82. The van der Waals surface area contributed by atoms with E-state index in [1.54, 1.807) is 0 Å². The molecule has 0 aliphatic heterocycles. The molecule has 7 heteroatoms. The van der Waals surface area contributed by atoms with Gasteiger partial charge in [-0.25, -0.2) is 0 Å². The Hall–Kier alpha value is -0.780. The highest BCUT2D eigenvalue weighted by Crippen LogP contribution is 2.30. The Morgan fingerprint density at radius 3 is 2.57 bits per heavy atom. The summed E-state index contributed by atoms with van der Waals surface area (Å²) in [6.45, 7) is 0. The second-order valence-electron chi connectivity index (χ2n) is 2.29. The van der Waals surface area contributed by atoms with Crippen molar-refractivity contribution in [1.82, 2.24) is 0 Å². The minimum Gasteiger partial charge on any atom is -0.276 e. The number of rotatable bonds is 3. The van der Waals surface area contributed by atoms with Gasteiger partial charge in [0.05, 0.1) is 10.5 Å². The molecule has 0 heterocycles. The molecule has 0 N–H and O–H groups in total. The molecule has 0 fully saturated rings. The maximum Gasteiger partial charge on any atom is 0.270 e. The third-order valence-electron chi connectivity index (χ3n) is 1.47. The first-order valence-electron chi connectivity index (χ1n) is 3.33. The number of carbonyl (C=O) groups is 1. The van der Waals surface area contributed by atoms with Crippen LogP contribution < -0.4 is 0 Å². The summed E-state index contributed by atoms with van der Waals surface area (Å²) in [5.41, 5.74) is -0.149. The third-order valence-corrected chi connectivity index (χ3v) is 2.69. The number of halogens is 2. The molecule has 0 bridgehead atoms. The third kappa shape index (κ3) is 2.37. The molecule has 14 heavy (non-hydrogen) atoms. The van der Waals surface area contributed by atoms with Crippen LogP contribution >= 0.6 is 33.3 Å². The molecule has 0 aliphatic carbocycles. The normalized spacial score (nSPS) is 9.86. The summed E-state index contributed by atoms with van der Waals surface area (Å²) in [5, 5.41) is 9.62. The van der Waals surface area contributed by atoms with Crippen LogP contribution in [-0.2, 0) is 0 Å². The average molecular weight is 252 g/mol. The van der Waals surface area contributed by atoms with Crippen molar-refractivity contribution in [2.75, 3.05) is 0 Å². The van der Waals surface area contributed by atoms with Gasteiger partial charge in [-0.2, -0.15) is 0 Å². The van der Waals surface area contributed by atoms with Gasteiger partial charge in [0, 0.05) is 17.0 Å². The number of hydrogen-bond acceptors (Lipinski definition) is 4. The number of nitro benzene ring substituents is 1. The number of hydrogen-bond donors (Lipinski definition) is 0. The monoisotopic (exact) mass is 251 g/mol. The smallest absolute Gasteiger partial charge is 0.270 e. The quantitative estimate of drug-likeness (QED) is 0.470. The molecular weight excluding hydrogens is 249 g/mol. The summed E-state index contributed by atoms with van der Waals surface area (Å²) >= 11 is 5.23. The maximum absolute atomic E-state index is 10.9. The van der Waals surface area contributed by atoms with E-state index in [4.69, 9.17) is 22.3 Å². The summed E-state index contributed by atoms with van der Waals surface area (Å²) in [4.78, 5) is 21.1. The standard InChI is InChI=1S/C7H3Cl2NO3S/c8-7(11)5-3-4(10(12)13)1-2-6(5)14-9/h1-3H. The molecule has 1 rings (SSSR count). The van der Waals surface area contributed by atoms with E-state index < -0.39 is 10.2 Å². The van der Waals surface area contributed by atoms with E-state index in [9.17, 15) is 14.9 Å². The van der Waals surface area contributed by atoms with E-state index in [-0.39, 0.29) is 11.3 Å². The zero-order valence-corrected chi connectivity index (χ0v) is 8.90. The van der Waals surface area contributed by atoms with E-state index in [1.165, 1.54) is 12.1 Å². The largest absolute Gasteiger partial charge is 0.276 e. The van der Waals surface area contributed by atoms with E-state index in [0.29, 0.717) is 4.90 Å². The van der Waals surface area contributed by atoms with E-state index in [2.05, 4.69) is 0 Å². The predicted octanol–water partition coefficient (Wildman–Crippen LogP) is 3.22. The van der Waals surface area contributed by atoms with Crippen LogP contribution in [0.1, 0.15) is 10.4 Å². The lowest BCUT2D eigenvalue weighted by molar-refractivity contribution is -0.384. The van der Waals surface area contributed by atoms with Crippen molar-refractivity contribution < 1.29 is 9.72 Å². The highest BCUT2D eigenvalue weighted by molar-refractivity contribution is 8.21. The molecule has 4 nitrogen and oxygen atoms in total. The van der Waals surface area contributed by atoms with Crippen LogP contribution in [0.5, 0.6) is 0 Å².